The summed E-state index contributed by atoms with van der Waals surface area (Å²) in [5.74, 6) is -0.0346. The van der Waals surface area contributed by atoms with Gasteiger partial charge in [0, 0.05) is 36.6 Å². The molecule has 1 aliphatic heterocycles. The van der Waals surface area contributed by atoms with Crippen molar-refractivity contribution in [3.8, 4) is 0 Å². The van der Waals surface area contributed by atoms with Gasteiger partial charge < -0.3 is 10.2 Å². The van der Waals surface area contributed by atoms with Crippen LogP contribution in [0.2, 0.25) is 0 Å². The van der Waals surface area contributed by atoms with E-state index in [-0.39, 0.29) is 11.8 Å². The fourth-order valence-electron chi connectivity index (χ4n) is 3.02. The molecule has 0 aliphatic carbocycles. The van der Waals surface area contributed by atoms with Crippen LogP contribution >= 0.6 is 11.3 Å². The van der Waals surface area contributed by atoms with E-state index in [0.29, 0.717) is 30.8 Å². The lowest BCUT2D eigenvalue weighted by atomic mass is 10.2. The van der Waals surface area contributed by atoms with Crippen LogP contribution in [0.1, 0.15) is 33.0 Å². The van der Waals surface area contributed by atoms with E-state index in [9.17, 15) is 18.0 Å². The summed E-state index contributed by atoms with van der Waals surface area (Å²) in [6.07, 6.45) is 3.12. The number of nitrogens with one attached hydrogen (secondary N) is 2. The van der Waals surface area contributed by atoms with Crippen LogP contribution in [0.5, 0.6) is 0 Å². The maximum absolute atomic E-state index is 12.4. The molecule has 2 aromatic rings. The zero-order valence-corrected chi connectivity index (χ0v) is 17.2. The van der Waals surface area contributed by atoms with Gasteiger partial charge in [-0.3, -0.25) is 9.59 Å². The summed E-state index contributed by atoms with van der Waals surface area (Å²) in [6, 6.07) is 11.2. The molecule has 0 radical (unpaired) electrons. The molecule has 9 heteroatoms. The molecule has 1 aromatic carbocycles. The van der Waals surface area contributed by atoms with Crippen LogP contribution < -0.4 is 14.9 Å². The van der Waals surface area contributed by atoms with Gasteiger partial charge >= 0.3 is 0 Å². The lowest BCUT2D eigenvalue weighted by Gasteiger charge is -2.16. The Morgan fingerprint density at radius 1 is 1.25 bits per heavy atom. The highest BCUT2D eigenvalue weighted by Gasteiger charge is 2.21. The van der Waals surface area contributed by atoms with Crippen molar-refractivity contribution in [1.29, 1.82) is 0 Å². The molecule has 7 nitrogen and oxygen atoms in total. The zero-order chi connectivity index (χ0) is 20.1. The quantitative estimate of drug-likeness (QED) is 0.680. The average Bonchev–Trinajstić information content (AvgIpc) is 3.28. The average molecular weight is 422 g/mol. The number of carbonyl (C=O) groups excluding carboxylic acids is 2. The summed E-state index contributed by atoms with van der Waals surface area (Å²) >= 11 is 1.35. The standard InChI is InChI=1S/C19H23N3O4S2/c1-28(25,26)21-10-9-16-7-8-17(27-16)19(24)20-13-14-4-2-5-15(12-14)22-11-3-6-18(22)23/h2,4-5,7-8,12,21H,3,6,9-11,13H2,1H3,(H,20,24). The summed E-state index contributed by atoms with van der Waals surface area (Å²) in [6.45, 7) is 1.42. The molecule has 1 fully saturated rings. The van der Waals surface area contributed by atoms with Crippen molar-refractivity contribution >= 4 is 38.9 Å². The van der Waals surface area contributed by atoms with Crippen LogP contribution in [0.25, 0.3) is 0 Å². The molecule has 150 valence electrons. The number of amides is 2. The molecule has 1 saturated heterocycles. The van der Waals surface area contributed by atoms with E-state index < -0.39 is 10.0 Å². The summed E-state index contributed by atoms with van der Waals surface area (Å²) in [5, 5.41) is 2.89. The van der Waals surface area contributed by atoms with Crippen LogP contribution in [0.15, 0.2) is 36.4 Å². The first-order chi connectivity index (χ1) is 13.3. The molecule has 1 aromatic heterocycles. The zero-order valence-electron chi connectivity index (χ0n) is 15.6. The number of rotatable bonds is 8. The lowest BCUT2D eigenvalue weighted by Crippen LogP contribution is -2.24. The number of hydrogen-bond donors (Lipinski definition) is 2. The molecule has 3 rings (SSSR count). The summed E-state index contributed by atoms with van der Waals surface area (Å²) in [7, 11) is -3.21. The maximum atomic E-state index is 12.4. The van der Waals surface area contributed by atoms with Crippen LogP contribution in [0.4, 0.5) is 5.69 Å². The van der Waals surface area contributed by atoms with E-state index in [4.69, 9.17) is 0 Å². The molecule has 0 atom stereocenters. The minimum absolute atomic E-state index is 0.137. The molecule has 1 aliphatic rings. The molecule has 2 N–H and O–H groups in total. The van der Waals surface area contributed by atoms with E-state index in [0.717, 1.165) is 35.3 Å². The minimum Gasteiger partial charge on any atom is -0.347 e. The van der Waals surface area contributed by atoms with Crippen LogP contribution in [0, 0.1) is 0 Å². The predicted molar refractivity (Wildman–Crippen MR) is 110 cm³/mol. The Kier molecular flexibility index (Phi) is 6.48. The van der Waals surface area contributed by atoms with Gasteiger partial charge in [-0.1, -0.05) is 12.1 Å². The van der Waals surface area contributed by atoms with Crippen LogP contribution in [0.3, 0.4) is 0 Å². The van der Waals surface area contributed by atoms with Crippen LogP contribution in [-0.4, -0.2) is 39.6 Å². The molecular formula is C19H23N3O4S2. The van der Waals surface area contributed by atoms with E-state index in [2.05, 4.69) is 10.0 Å². The van der Waals surface area contributed by atoms with Gasteiger partial charge in [-0.2, -0.15) is 0 Å². The third-order valence-electron chi connectivity index (χ3n) is 4.37. The minimum atomic E-state index is -3.21. The SMILES string of the molecule is CS(=O)(=O)NCCc1ccc(C(=O)NCc2cccc(N3CCCC3=O)c2)s1. The second-order valence-corrected chi connectivity index (χ2v) is 9.69. The molecular weight excluding hydrogens is 398 g/mol. The van der Waals surface area contributed by atoms with Gasteiger partial charge in [-0.05, 0) is 42.7 Å². The largest absolute Gasteiger partial charge is 0.347 e. The van der Waals surface area contributed by atoms with Gasteiger partial charge in [0.2, 0.25) is 15.9 Å². The fourth-order valence-corrected chi connectivity index (χ4v) is 4.42. The highest BCUT2D eigenvalue weighted by molar-refractivity contribution is 7.88. The van der Waals surface area contributed by atoms with Gasteiger partial charge in [0.1, 0.15) is 0 Å². The summed E-state index contributed by atoms with van der Waals surface area (Å²) in [5.41, 5.74) is 1.80. The second-order valence-electron chi connectivity index (χ2n) is 6.68. The highest BCUT2D eigenvalue weighted by atomic mass is 32.2. The number of carbonyl (C=O) groups is 2. The molecule has 28 heavy (non-hydrogen) atoms. The summed E-state index contributed by atoms with van der Waals surface area (Å²) < 4.78 is 24.6. The highest BCUT2D eigenvalue weighted by Crippen LogP contribution is 2.22. The van der Waals surface area contributed by atoms with E-state index >= 15 is 0 Å². The molecule has 0 saturated carbocycles. The van der Waals surface area contributed by atoms with E-state index in [1.165, 1.54) is 11.3 Å². The molecule has 2 heterocycles. The topological polar surface area (TPSA) is 95.6 Å². The third-order valence-corrected chi connectivity index (χ3v) is 6.24. The van der Waals surface area contributed by atoms with Gasteiger partial charge in [0.05, 0.1) is 11.1 Å². The van der Waals surface area contributed by atoms with Crippen molar-refractivity contribution in [3.63, 3.8) is 0 Å². The Morgan fingerprint density at radius 3 is 2.79 bits per heavy atom. The smallest absolute Gasteiger partial charge is 0.261 e. The van der Waals surface area contributed by atoms with Crippen molar-refractivity contribution in [2.45, 2.75) is 25.8 Å². The maximum Gasteiger partial charge on any atom is 0.261 e. The number of hydrogen-bond acceptors (Lipinski definition) is 5. The number of thiophene rings is 1. The van der Waals surface area contributed by atoms with E-state index in [1.807, 2.05) is 30.3 Å². The monoisotopic (exact) mass is 421 g/mol. The third kappa shape index (κ3) is 5.63. The Hall–Kier alpha value is -2.23. The Balaban J connectivity index is 1.54. The Bertz CT molecular complexity index is 969. The number of sulfonamides is 1. The van der Waals surface area contributed by atoms with Gasteiger partial charge in [0.25, 0.3) is 5.91 Å². The summed E-state index contributed by atoms with van der Waals surface area (Å²) in [4.78, 5) is 27.6. The number of benzene rings is 1. The lowest BCUT2D eigenvalue weighted by molar-refractivity contribution is -0.117. The van der Waals surface area contributed by atoms with Gasteiger partial charge in [-0.25, -0.2) is 13.1 Å². The first-order valence-corrected chi connectivity index (χ1v) is 11.7. The first-order valence-electron chi connectivity index (χ1n) is 9.03. The first kappa shape index (κ1) is 20.5. The van der Waals surface area contributed by atoms with Gasteiger partial charge in [0.15, 0.2) is 0 Å². The van der Waals surface area contributed by atoms with Crippen molar-refractivity contribution in [3.05, 3.63) is 51.7 Å². The number of nitrogens with zero attached hydrogens (tertiary/aromatic N) is 1. The molecule has 2 amide bonds. The fraction of sp³-hybridized carbons (Fsp3) is 0.368. The predicted octanol–water partition coefficient (Wildman–Crippen LogP) is 1.90. The second kappa shape index (κ2) is 8.85. The van der Waals surface area contributed by atoms with Crippen molar-refractivity contribution in [1.82, 2.24) is 10.0 Å². The normalized spacial score (nSPS) is 14.5. The van der Waals surface area contributed by atoms with Crippen molar-refractivity contribution in [2.75, 3.05) is 24.2 Å². The molecule has 0 bridgehead atoms. The van der Waals surface area contributed by atoms with Gasteiger partial charge in [-0.15, -0.1) is 11.3 Å². The van der Waals surface area contributed by atoms with Crippen LogP contribution in [-0.2, 0) is 27.8 Å². The van der Waals surface area contributed by atoms with Crippen molar-refractivity contribution in [2.24, 2.45) is 0 Å². The Labute approximate surface area is 168 Å². The van der Waals surface area contributed by atoms with E-state index in [1.54, 1.807) is 11.0 Å². The Morgan fingerprint density at radius 2 is 2.07 bits per heavy atom. The molecule has 0 spiro atoms. The van der Waals surface area contributed by atoms with Crippen molar-refractivity contribution < 1.29 is 18.0 Å². The molecule has 0 unspecified atom stereocenters. The number of anilines is 1.